The number of halogens is 1. The van der Waals surface area contributed by atoms with Gasteiger partial charge in [0.15, 0.2) is 0 Å². The lowest BCUT2D eigenvalue weighted by atomic mass is 10.1. The highest BCUT2D eigenvalue weighted by atomic mass is 127. The highest BCUT2D eigenvalue weighted by Crippen LogP contribution is 2.24. The van der Waals surface area contributed by atoms with E-state index in [-0.39, 0.29) is 30.8 Å². The first kappa shape index (κ1) is 20.9. The Hall–Kier alpha value is -1.45. The number of carbonyl (C=O) groups excluding carboxylic acids is 1. The van der Waals surface area contributed by atoms with Crippen LogP contribution in [0.4, 0.5) is 0 Å². The van der Waals surface area contributed by atoms with Gasteiger partial charge in [0.1, 0.15) is 5.56 Å². The molecule has 0 spiro atoms. The Morgan fingerprint density at radius 1 is 1.27 bits per heavy atom. The van der Waals surface area contributed by atoms with E-state index in [1.807, 2.05) is 19.9 Å². The zero-order valence-electron chi connectivity index (χ0n) is 15.3. The number of nitrogens with zero attached hydrogens (tertiary/aromatic N) is 1. The minimum Gasteiger partial charge on any atom is -0.462 e. The first-order chi connectivity index (χ1) is 12.5. The summed E-state index contributed by atoms with van der Waals surface area (Å²) in [7, 11) is 0. The summed E-state index contributed by atoms with van der Waals surface area (Å²) in [5.41, 5.74) is 1.39. The van der Waals surface area contributed by atoms with Gasteiger partial charge in [-0.3, -0.25) is 4.79 Å². The maximum atomic E-state index is 12.9. The largest absolute Gasteiger partial charge is 0.462 e. The number of hydrogen-bond acceptors (Lipinski definition) is 5. The second-order valence-electron chi connectivity index (χ2n) is 5.81. The van der Waals surface area contributed by atoms with Gasteiger partial charge in [-0.05, 0) is 60.6 Å². The summed E-state index contributed by atoms with van der Waals surface area (Å²) in [6, 6.07) is 3.34. The molecule has 1 aromatic heterocycles. The summed E-state index contributed by atoms with van der Waals surface area (Å²) in [6.45, 7) is 6.42. The van der Waals surface area contributed by atoms with E-state index in [1.165, 1.54) is 6.20 Å². The first-order valence-electron chi connectivity index (χ1n) is 8.71. The van der Waals surface area contributed by atoms with Crippen molar-refractivity contribution in [2.24, 2.45) is 0 Å². The van der Waals surface area contributed by atoms with Gasteiger partial charge in [-0.1, -0.05) is 6.92 Å². The maximum Gasteiger partial charge on any atom is 0.343 e. The van der Waals surface area contributed by atoms with Crippen LogP contribution in [0.2, 0.25) is 0 Å². The van der Waals surface area contributed by atoms with Crippen LogP contribution in [0.3, 0.4) is 0 Å². The van der Waals surface area contributed by atoms with Crippen molar-refractivity contribution < 1.29 is 19.4 Å². The minimum absolute atomic E-state index is 0.0330. The second-order valence-corrected chi connectivity index (χ2v) is 6.97. The summed E-state index contributed by atoms with van der Waals surface area (Å²) in [5.74, 6) is -0.657. The van der Waals surface area contributed by atoms with Gasteiger partial charge in [0, 0.05) is 21.8 Å². The number of aryl methyl sites for hydroxylation is 1. The maximum absolute atomic E-state index is 12.9. The van der Waals surface area contributed by atoms with Gasteiger partial charge < -0.3 is 19.1 Å². The van der Waals surface area contributed by atoms with Crippen LogP contribution in [-0.4, -0.2) is 42.1 Å². The molecule has 2 rings (SSSR count). The molecular formula is C19H24INO5. The van der Waals surface area contributed by atoms with Gasteiger partial charge in [-0.15, -0.1) is 0 Å². The molecule has 0 saturated heterocycles. The third-order valence-electron chi connectivity index (χ3n) is 4.20. The van der Waals surface area contributed by atoms with Gasteiger partial charge in [0.2, 0.25) is 5.43 Å². The Balaban J connectivity index is 2.78. The number of rotatable bonds is 8. The summed E-state index contributed by atoms with van der Waals surface area (Å²) in [6.07, 6.45) is 2.30. The van der Waals surface area contributed by atoms with Crippen molar-refractivity contribution >= 4 is 39.5 Å². The molecule has 1 heterocycles. The summed E-state index contributed by atoms with van der Waals surface area (Å²) < 4.78 is 13.2. The Labute approximate surface area is 166 Å². The molecule has 26 heavy (non-hydrogen) atoms. The second kappa shape index (κ2) is 9.48. The standard InChI is InChI=1S/C19H24INO5/c1-4-12-7-17-14(8-16(12)20)18(23)15(19(24)26-6-3)9-21(17)13(10-22)11-25-5-2/h7-9,13,22H,4-6,10-11H2,1-3H3/t13-/m1/s1. The molecule has 0 amide bonds. The lowest BCUT2D eigenvalue weighted by molar-refractivity contribution is 0.0521. The molecule has 0 bridgehead atoms. The number of fused-ring (bicyclic) bond motifs is 1. The fraction of sp³-hybridized carbons (Fsp3) is 0.474. The zero-order valence-corrected chi connectivity index (χ0v) is 17.4. The monoisotopic (exact) mass is 473 g/mol. The Bertz CT molecular complexity index is 846. The normalized spacial score (nSPS) is 12.3. The minimum atomic E-state index is -0.657. The van der Waals surface area contributed by atoms with Crippen molar-refractivity contribution in [3.63, 3.8) is 0 Å². The average molecular weight is 473 g/mol. The lowest BCUT2D eigenvalue weighted by Crippen LogP contribution is -2.26. The molecule has 1 aromatic carbocycles. The summed E-state index contributed by atoms with van der Waals surface area (Å²) >= 11 is 2.19. The molecule has 142 valence electrons. The predicted molar refractivity (Wildman–Crippen MR) is 109 cm³/mol. The number of ether oxygens (including phenoxy) is 2. The van der Waals surface area contributed by atoms with Crippen LogP contribution in [0.1, 0.15) is 42.7 Å². The molecule has 0 aliphatic heterocycles. The van der Waals surface area contributed by atoms with Crippen LogP contribution in [0.5, 0.6) is 0 Å². The number of esters is 1. The third-order valence-corrected chi connectivity index (χ3v) is 5.20. The van der Waals surface area contributed by atoms with Crippen LogP contribution in [-0.2, 0) is 15.9 Å². The van der Waals surface area contributed by atoms with Crippen LogP contribution < -0.4 is 5.43 Å². The fourth-order valence-corrected chi connectivity index (χ4v) is 3.66. The van der Waals surface area contributed by atoms with E-state index >= 15 is 0 Å². The molecule has 0 unspecified atom stereocenters. The van der Waals surface area contributed by atoms with Crippen LogP contribution in [0.15, 0.2) is 23.1 Å². The zero-order chi connectivity index (χ0) is 19.3. The van der Waals surface area contributed by atoms with E-state index in [0.29, 0.717) is 17.5 Å². The van der Waals surface area contributed by atoms with Gasteiger partial charge >= 0.3 is 5.97 Å². The van der Waals surface area contributed by atoms with E-state index in [1.54, 1.807) is 17.6 Å². The van der Waals surface area contributed by atoms with Crippen molar-refractivity contribution in [1.82, 2.24) is 4.57 Å². The van der Waals surface area contributed by atoms with E-state index < -0.39 is 12.0 Å². The van der Waals surface area contributed by atoms with E-state index in [4.69, 9.17) is 9.47 Å². The van der Waals surface area contributed by atoms with Gasteiger partial charge in [0.25, 0.3) is 0 Å². The average Bonchev–Trinajstić information content (AvgIpc) is 2.63. The lowest BCUT2D eigenvalue weighted by Gasteiger charge is -2.22. The van der Waals surface area contributed by atoms with Crippen molar-refractivity contribution in [3.05, 3.63) is 43.2 Å². The molecule has 0 aliphatic carbocycles. The molecule has 7 heteroatoms. The number of aliphatic hydroxyl groups excluding tert-OH is 1. The topological polar surface area (TPSA) is 77.8 Å². The molecule has 0 aliphatic rings. The van der Waals surface area contributed by atoms with Crippen molar-refractivity contribution in [3.8, 4) is 0 Å². The van der Waals surface area contributed by atoms with Crippen LogP contribution >= 0.6 is 22.6 Å². The quantitative estimate of drug-likeness (QED) is 0.472. The van der Waals surface area contributed by atoms with E-state index in [2.05, 4.69) is 22.6 Å². The number of aromatic nitrogens is 1. The third kappa shape index (κ3) is 4.27. The highest BCUT2D eigenvalue weighted by Gasteiger charge is 2.21. The molecular weight excluding hydrogens is 449 g/mol. The smallest absolute Gasteiger partial charge is 0.343 e. The van der Waals surface area contributed by atoms with Crippen LogP contribution in [0.25, 0.3) is 10.9 Å². The Morgan fingerprint density at radius 2 is 2.00 bits per heavy atom. The van der Waals surface area contributed by atoms with Crippen molar-refractivity contribution in [1.29, 1.82) is 0 Å². The predicted octanol–water partition coefficient (Wildman–Crippen LogP) is 2.92. The van der Waals surface area contributed by atoms with Crippen LogP contribution in [0, 0.1) is 3.57 Å². The molecule has 0 fully saturated rings. The number of carbonyl (C=O) groups is 1. The number of benzene rings is 1. The van der Waals surface area contributed by atoms with Gasteiger partial charge in [0.05, 0.1) is 31.4 Å². The fourth-order valence-electron chi connectivity index (χ4n) is 2.82. The van der Waals surface area contributed by atoms with Gasteiger partial charge in [-0.2, -0.15) is 0 Å². The Kier molecular flexibility index (Phi) is 7.60. The summed E-state index contributed by atoms with van der Waals surface area (Å²) in [4.78, 5) is 25.1. The van der Waals surface area contributed by atoms with E-state index in [0.717, 1.165) is 15.6 Å². The highest BCUT2D eigenvalue weighted by molar-refractivity contribution is 14.1. The molecule has 2 aromatic rings. The molecule has 0 radical (unpaired) electrons. The summed E-state index contributed by atoms with van der Waals surface area (Å²) in [5, 5.41) is 10.3. The number of pyridine rings is 1. The van der Waals surface area contributed by atoms with Crippen molar-refractivity contribution in [2.75, 3.05) is 26.4 Å². The number of hydrogen-bond donors (Lipinski definition) is 1. The Morgan fingerprint density at radius 3 is 2.58 bits per heavy atom. The molecule has 1 atom stereocenters. The van der Waals surface area contributed by atoms with Gasteiger partial charge in [-0.25, -0.2) is 4.79 Å². The molecule has 6 nitrogen and oxygen atoms in total. The SMILES string of the molecule is CCOC[C@@H](CO)n1cc(C(=O)OCC)c(=O)c2cc(I)c(CC)cc21. The number of aliphatic hydroxyl groups is 1. The molecule has 1 N–H and O–H groups in total. The van der Waals surface area contributed by atoms with Crippen molar-refractivity contribution in [2.45, 2.75) is 33.2 Å². The first-order valence-corrected chi connectivity index (χ1v) is 9.79. The van der Waals surface area contributed by atoms with E-state index in [9.17, 15) is 14.7 Å². The molecule has 0 saturated carbocycles.